The number of benzene rings is 3. The molecule has 0 saturated carbocycles. The molecular formula is C24H21F2NO5S. The molecule has 0 fully saturated rings. The Morgan fingerprint density at radius 3 is 2.03 bits per heavy atom. The van der Waals surface area contributed by atoms with Crippen molar-refractivity contribution in [2.45, 2.75) is 24.8 Å². The monoisotopic (exact) mass is 473 g/mol. The summed E-state index contributed by atoms with van der Waals surface area (Å²) in [6.07, 6.45) is -1.24. The molecule has 3 rings (SSSR count). The van der Waals surface area contributed by atoms with Crippen molar-refractivity contribution in [1.82, 2.24) is 0 Å². The first-order valence-corrected chi connectivity index (χ1v) is 11.3. The summed E-state index contributed by atoms with van der Waals surface area (Å²) in [5.41, 5.74) is 1.20. The van der Waals surface area contributed by atoms with Gasteiger partial charge in [0.05, 0.1) is 16.1 Å². The van der Waals surface area contributed by atoms with Crippen LogP contribution >= 0.6 is 0 Å². The van der Waals surface area contributed by atoms with Gasteiger partial charge >= 0.3 is 5.97 Å². The van der Waals surface area contributed by atoms with Crippen LogP contribution in [0.15, 0.2) is 71.6 Å². The molecule has 0 amide bonds. The van der Waals surface area contributed by atoms with Crippen LogP contribution in [0.4, 0.5) is 14.5 Å². The average molecular weight is 473 g/mol. The summed E-state index contributed by atoms with van der Waals surface area (Å²) in [6, 6.07) is 14.7. The van der Waals surface area contributed by atoms with E-state index in [1.54, 1.807) is 12.1 Å². The van der Waals surface area contributed by atoms with E-state index in [9.17, 15) is 26.8 Å². The molecule has 9 heteroatoms. The quantitative estimate of drug-likeness (QED) is 0.372. The second-order valence-corrected chi connectivity index (χ2v) is 9.34. The molecular weight excluding hydrogens is 452 g/mol. The number of anilines is 1. The predicted molar refractivity (Wildman–Crippen MR) is 119 cm³/mol. The topological polar surface area (TPSA) is 80.8 Å². The minimum absolute atomic E-state index is 0.0878. The first-order chi connectivity index (χ1) is 15.5. The third-order valence-corrected chi connectivity index (χ3v) is 6.80. The van der Waals surface area contributed by atoms with Crippen molar-refractivity contribution in [1.29, 1.82) is 0 Å². The number of carbonyl (C=O) groups is 2. The fraction of sp³-hybridized carbons (Fsp3) is 0.167. The first kappa shape index (κ1) is 24.1. The van der Waals surface area contributed by atoms with Crippen LogP contribution in [-0.2, 0) is 14.8 Å². The summed E-state index contributed by atoms with van der Waals surface area (Å²) in [5.74, 6) is -3.79. The Balaban J connectivity index is 1.71. The molecule has 172 valence electrons. The van der Waals surface area contributed by atoms with E-state index in [4.69, 9.17) is 4.74 Å². The Labute approximate surface area is 190 Å². The lowest BCUT2D eigenvalue weighted by Gasteiger charge is -2.20. The number of carbonyl (C=O) groups excluding carboxylic acids is 2. The van der Waals surface area contributed by atoms with E-state index in [0.717, 1.165) is 28.1 Å². The second kappa shape index (κ2) is 9.50. The maximum atomic E-state index is 13.4. The van der Waals surface area contributed by atoms with Crippen molar-refractivity contribution in [2.75, 3.05) is 11.4 Å². The van der Waals surface area contributed by atoms with Crippen LogP contribution in [0.25, 0.3) is 0 Å². The van der Waals surface area contributed by atoms with E-state index >= 15 is 0 Å². The molecule has 0 heterocycles. The summed E-state index contributed by atoms with van der Waals surface area (Å²) in [6.45, 7) is 3.17. The van der Waals surface area contributed by atoms with Gasteiger partial charge in [0.2, 0.25) is 5.78 Å². The third kappa shape index (κ3) is 5.25. The van der Waals surface area contributed by atoms with Gasteiger partial charge in [-0.05, 0) is 68.4 Å². The zero-order chi connectivity index (χ0) is 24.3. The Morgan fingerprint density at radius 2 is 1.45 bits per heavy atom. The van der Waals surface area contributed by atoms with Crippen molar-refractivity contribution in [3.05, 3.63) is 95.1 Å². The highest BCUT2D eigenvalue weighted by atomic mass is 32.2. The molecule has 0 aliphatic carbocycles. The van der Waals surface area contributed by atoms with Gasteiger partial charge in [0.1, 0.15) is 0 Å². The van der Waals surface area contributed by atoms with Crippen LogP contribution in [0.1, 0.15) is 33.2 Å². The van der Waals surface area contributed by atoms with Gasteiger partial charge in [-0.15, -0.1) is 0 Å². The predicted octanol–water partition coefficient (Wildman–Crippen LogP) is 4.53. The van der Waals surface area contributed by atoms with Crippen molar-refractivity contribution in [3.8, 4) is 0 Å². The van der Waals surface area contributed by atoms with Crippen LogP contribution in [0.5, 0.6) is 0 Å². The number of sulfonamides is 1. The van der Waals surface area contributed by atoms with Gasteiger partial charge in [-0.3, -0.25) is 9.10 Å². The van der Waals surface area contributed by atoms with Gasteiger partial charge in [-0.2, -0.15) is 0 Å². The molecule has 3 aromatic carbocycles. The SMILES string of the molecule is Cc1ccc(S(=O)(=O)N(C)c2ccc(C(=O)OC(C)C(=O)c3ccc(F)c(F)c3)cc2)cc1. The first-order valence-electron chi connectivity index (χ1n) is 9.86. The van der Waals surface area contributed by atoms with Crippen molar-refractivity contribution in [3.63, 3.8) is 0 Å². The van der Waals surface area contributed by atoms with Gasteiger partial charge in [-0.1, -0.05) is 17.7 Å². The Hall–Kier alpha value is -3.59. The number of rotatable bonds is 7. The van der Waals surface area contributed by atoms with Gasteiger partial charge < -0.3 is 4.74 Å². The summed E-state index contributed by atoms with van der Waals surface area (Å²) in [7, 11) is -2.40. The fourth-order valence-electron chi connectivity index (χ4n) is 2.98. The highest BCUT2D eigenvalue weighted by Gasteiger charge is 2.23. The Bertz CT molecular complexity index is 1290. The van der Waals surface area contributed by atoms with Crippen molar-refractivity contribution < 1.29 is 31.5 Å². The molecule has 0 radical (unpaired) electrons. The minimum Gasteiger partial charge on any atom is -0.451 e. The van der Waals surface area contributed by atoms with Gasteiger partial charge in [0, 0.05) is 12.6 Å². The lowest BCUT2D eigenvalue weighted by atomic mass is 10.1. The molecule has 0 bridgehead atoms. The van der Waals surface area contributed by atoms with E-state index in [1.807, 2.05) is 6.92 Å². The Kier molecular flexibility index (Phi) is 6.92. The van der Waals surface area contributed by atoms with Crippen molar-refractivity contribution in [2.24, 2.45) is 0 Å². The summed E-state index contributed by atoms with van der Waals surface area (Å²) < 4.78 is 58.3. The van der Waals surface area contributed by atoms with Crippen LogP contribution in [0.2, 0.25) is 0 Å². The van der Waals surface area contributed by atoms with E-state index < -0.39 is 39.5 Å². The van der Waals surface area contributed by atoms with E-state index in [0.29, 0.717) is 5.69 Å². The standard InChI is InChI=1S/C24H21F2NO5S/c1-15-4-11-20(12-5-15)33(30,31)27(3)19-9-6-17(7-10-19)24(29)32-16(2)23(28)18-8-13-21(25)22(26)14-18/h4-14,16H,1-3H3. The maximum Gasteiger partial charge on any atom is 0.338 e. The van der Waals surface area contributed by atoms with E-state index in [1.165, 1.54) is 50.4 Å². The number of esters is 1. The number of nitrogens with zero attached hydrogens (tertiary/aromatic N) is 1. The lowest BCUT2D eigenvalue weighted by molar-refractivity contribution is 0.0318. The molecule has 0 N–H and O–H groups in total. The average Bonchev–Trinajstić information content (AvgIpc) is 2.80. The van der Waals surface area contributed by atoms with Crippen LogP contribution in [0, 0.1) is 18.6 Å². The number of ether oxygens (including phenoxy) is 1. The molecule has 0 aromatic heterocycles. The van der Waals surface area contributed by atoms with E-state index in [2.05, 4.69) is 0 Å². The number of aryl methyl sites for hydroxylation is 1. The third-order valence-electron chi connectivity index (χ3n) is 5.00. The summed E-state index contributed by atoms with van der Waals surface area (Å²) in [4.78, 5) is 24.9. The van der Waals surface area contributed by atoms with Crippen molar-refractivity contribution >= 4 is 27.5 Å². The molecule has 0 saturated heterocycles. The number of ketones is 1. The summed E-state index contributed by atoms with van der Waals surface area (Å²) in [5, 5.41) is 0. The largest absolute Gasteiger partial charge is 0.451 e. The molecule has 3 aromatic rings. The smallest absolute Gasteiger partial charge is 0.338 e. The highest BCUT2D eigenvalue weighted by Crippen LogP contribution is 2.23. The van der Waals surface area contributed by atoms with Gasteiger partial charge in [-0.25, -0.2) is 22.0 Å². The zero-order valence-electron chi connectivity index (χ0n) is 18.1. The minimum atomic E-state index is -3.79. The van der Waals surface area contributed by atoms with Crippen LogP contribution < -0.4 is 4.31 Å². The molecule has 0 aliphatic rings. The van der Waals surface area contributed by atoms with Crippen LogP contribution in [-0.4, -0.2) is 33.3 Å². The molecule has 6 nitrogen and oxygen atoms in total. The normalized spacial score (nSPS) is 12.2. The van der Waals surface area contributed by atoms with Crippen LogP contribution in [0.3, 0.4) is 0 Å². The number of Topliss-reactive ketones (excluding diaryl/α,β-unsaturated/α-hetero) is 1. The number of hydrogen-bond acceptors (Lipinski definition) is 5. The molecule has 0 aliphatic heterocycles. The number of hydrogen-bond donors (Lipinski definition) is 0. The van der Waals surface area contributed by atoms with E-state index in [-0.39, 0.29) is 16.0 Å². The van der Waals surface area contributed by atoms with Gasteiger partial charge in [0.25, 0.3) is 10.0 Å². The highest BCUT2D eigenvalue weighted by molar-refractivity contribution is 7.92. The maximum absolute atomic E-state index is 13.4. The zero-order valence-corrected chi connectivity index (χ0v) is 18.9. The molecule has 0 spiro atoms. The second-order valence-electron chi connectivity index (χ2n) is 7.37. The fourth-order valence-corrected chi connectivity index (χ4v) is 4.18. The molecule has 1 unspecified atom stereocenters. The lowest BCUT2D eigenvalue weighted by Crippen LogP contribution is -2.27. The summed E-state index contributed by atoms with van der Waals surface area (Å²) >= 11 is 0. The Morgan fingerprint density at radius 1 is 0.879 bits per heavy atom. The molecule has 33 heavy (non-hydrogen) atoms. The molecule has 1 atom stereocenters. The number of halogens is 2. The van der Waals surface area contributed by atoms with Gasteiger partial charge in [0.15, 0.2) is 17.7 Å².